The summed E-state index contributed by atoms with van der Waals surface area (Å²) < 4.78 is 13.0. The molecule has 0 bridgehead atoms. The first-order valence-corrected chi connectivity index (χ1v) is 6.31. The second-order valence-electron chi connectivity index (χ2n) is 4.31. The van der Waals surface area contributed by atoms with Crippen molar-refractivity contribution in [2.24, 2.45) is 0 Å². The Labute approximate surface area is 120 Å². The molecule has 0 radical (unpaired) electrons. The fraction of sp³-hybridized carbons (Fsp3) is 0.143. The highest BCUT2D eigenvalue weighted by Gasteiger charge is 2.18. The van der Waals surface area contributed by atoms with E-state index in [4.69, 9.17) is 11.6 Å². The van der Waals surface area contributed by atoms with Crippen molar-refractivity contribution in [2.45, 2.75) is 13.0 Å². The Kier molecular flexibility index (Phi) is 4.20. The van der Waals surface area contributed by atoms with E-state index in [-0.39, 0.29) is 16.8 Å². The van der Waals surface area contributed by atoms with Crippen LogP contribution in [-0.4, -0.2) is 4.92 Å². The third kappa shape index (κ3) is 3.05. The maximum atomic E-state index is 13.0. The molecule has 0 aliphatic heterocycles. The average molecular weight is 295 g/mol. The van der Waals surface area contributed by atoms with Gasteiger partial charge in [0.15, 0.2) is 0 Å². The summed E-state index contributed by atoms with van der Waals surface area (Å²) in [5, 5.41) is 14.3. The molecule has 2 aromatic carbocycles. The summed E-state index contributed by atoms with van der Waals surface area (Å²) in [6, 6.07) is 10.1. The van der Waals surface area contributed by atoms with Crippen LogP contribution in [0.2, 0.25) is 5.02 Å². The molecule has 0 aromatic heterocycles. The zero-order valence-electron chi connectivity index (χ0n) is 10.6. The number of nitrogens with zero attached hydrogens (tertiary/aromatic N) is 1. The van der Waals surface area contributed by atoms with Crippen molar-refractivity contribution in [1.82, 2.24) is 0 Å². The van der Waals surface area contributed by atoms with Gasteiger partial charge in [-0.1, -0.05) is 29.8 Å². The Morgan fingerprint density at radius 3 is 2.65 bits per heavy atom. The van der Waals surface area contributed by atoms with E-state index in [1.165, 1.54) is 24.3 Å². The molecular formula is C14H12ClFN2O2. The average Bonchev–Trinajstić information content (AvgIpc) is 2.41. The Bertz CT molecular complexity index is 649. The fourth-order valence-electron chi connectivity index (χ4n) is 1.94. The molecule has 20 heavy (non-hydrogen) atoms. The molecule has 104 valence electrons. The number of benzene rings is 2. The lowest BCUT2D eigenvalue weighted by atomic mass is 10.1. The van der Waals surface area contributed by atoms with Crippen LogP contribution >= 0.6 is 11.6 Å². The van der Waals surface area contributed by atoms with E-state index in [9.17, 15) is 14.5 Å². The van der Waals surface area contributed by atoms with Crippen LogP contribution in [0.4, 0.5) is 15.8 Å². The van der Waals surface area contributed by atoms with Crippen LogP contribution in [0.5, 0.6) is 0 Å². The number of nitro groups is 1. The number of nitro benzene ring substituents is 1. The highest BCUT2D eigenvalue weighted by atomic mass is 35.5. The van der Waals surface area contributed by atoms with Crippen LogP contribution in [0.1, 0.15) is 18.5 Å². The van der Waals surface area contributed by atoms with Gasteiger partial charge in [-0.25, -0.2) is 4.39 Å². The smallest absolute Gasteiger partial charge is 0.274 e. The van der Waals surface area contributed by atoms with E-state index < -0.39 is 10.7 Å². The molecule has 2 aromatic rings. The Hall–Kier alpha value is -2.14. The van der Waals surface area contributed by atoms with E-state index in [1.54, 1.807) is 25.1 Å². The monoisotopic (exact) mass is 294 g/mol. The van der Waals surface area contributed by atoms with Crippen molar-refractivity contribution in [3.05, 3.63) is 69.0 Å². The molecule has 0 aliphatic rings. The highest BCUT2D eigenvalue weighted by molar-refractivity contribution is 6.33. The molecule has 1 N–H and O–H groups in total. The van der Waals surface area contributed by atoms with Gasteiger partial charge in [-0.15, -0.1) is 0 Å². The van der Waals surface area contributed by atoms with Crippen molar-refractivity contribution >= 4 is 23.0 Å². The quantitative estimate of drug-likeness (QED) is 0.664. The zero-order valence-corrected chi connectivity index (χ0v) is 11.4. The lowest BCUT2D eigenvalue weighted by molar-refractivity contribution is -0.385. The number of halogens is 2. The summed E-state index contributed by atoms with van der Waals surface area (Å²) in [5.41, 5.74) is 1.10. The Morgan fingerprint density at radius 1 is 1.30 bits per heavy atom. The third-order valence-electron chi connectivity index (χ3n) is 2.90. The van der Waals surface area contributed by atoms with Gasteiger partial charge < -0.3 is 5.32 Å². The Morgan fingerprint density at radius 2 is 2.00 bits per heavy atom. The Balaban J connectivity index is 2.28. The molecule has 0 heterocycles. The number of hydrogen-bond acceptors (Lipinski definition) is 3. The molecule has 0 spiro atoms. The molecular weight excluding hydrogens is 283 g/mol. The largest absolute Gasteiger partial charge is 0.377 e. The minimum Gasteiger partial charge on any atom is -0.377 e. The van der Waals surface area contributed by atoms with Crippen LogP contribution in [-0.2, 0) is 0 Å². The van der Waals surface area contributed by atoms with Crippen LogP contribution in [0.3, 0.4) is 0 Å². The molecule has 0 saturated heterocycles. The van der Waals surface area contributed by atoms with Crippen molar-refractivity contribution in [3.63, 3.8) is 0 Å². The van der Waals surface area contributed by atoms with Gasteiger partial charge in [0.05, 0.1) is 27.2 Å². The summed E-state index contributed by atoms with van der Waals surface area (Å²) >= 11 is 5.93. The minimum atomic E-state index is -0.432. The zero-order chi connectivity index (χ0) is 14.7. The summed E-state index contributed by atoms with van der Waals surface area (Å²) in [6.07, 6.45) is 0. The lowest BCUT2D eigenvalue weighted by Crippen LogP contribution is -2.09. The van der Waals surface area contributed by atoms with E-state index in [0.717, 1.165) is 0 Å². The lowest BCUT2D eigenvalue weighted by Gasteiger charge is -2.16. The topological polar surface area (TPSA) is 55.2 Å². The summed E-state index contributed by atoms with van der Waals surface area (Å²) in [7, 11) is 0. The highest BCUT2D eigenvalue weighted by Crippen LogP contribution is 2.30. The standard InChI is InChI=1S/C14H12ClFN2O2/c1-9(11-4-2-3-5-14(11)18(19)20)17-13-7-6-10(16)8-12(13)15/h2-9,17H,1H3. The predicted molar refractivity (Wildman–Crippen MR) is 76.5 cm³/mol. The number of para-hydroxylation sites is 1. The number of hydrogen-bond donors (Lipinski definition) is 1. The first-order valence-electron chi connectivity index (χ1n) is 5.94. The van der Waals surface area contributed by atoms with Gasteiger partial charge in [-0.3, -0.25) is 10.1 Å². The van der Waals surface area contributed by atoms with Crippen molar-refractivity contribution in [1.29, 1.82) is 0 Å². The molecule has 4 nitrogen and oxygen atoms in total. The summed E-state index contributed by atoms with van der Waals surface area (Å²) in [4.78, 5) is 10.6. The van der Waals surface area contributed by atoms with E-state index in [2.05, 4.69) is 5.32 Å². The number of nitrogens with one attached hydrogen (secondary N) is 1. The first-order chi connectivity index (χ1) is 9.49. The maximum absolute atomic E-state index is 13.0. The normalized spacial score (nSPS) is 11.9. The van der Waals surface area contributed by atoms with Gasteiger partial charge in [0.1, 0.15) is 5.82 Å². The van der Waals surface area contributed by atoms with Crippen LogP contribution in [0.15, 0.2) is 42.5 Å². The molecule has 0 amide bonds. The first kappa shape index (κ1) is 14.3. The molecule has 1 unspecified atom stereocenters. The minimum absolute atomic E-state index is 0.0331. The molecule has 1 atom stereocenters. The predicted octanol–water partition coefficient (Wildman–Crippen LogP) is 4.56. The fourth-order valence-corrected chi connectivity index (χ4v) is 2.16. The maximum Gasteiger partial charge on any atom is 0.274 e. The van der Waals surface area contributed by atoms with Gasteiger partial charge in [0.25, 0.3) is 5.69 Å². The SMILES string of the molecule is CC(Nc1ccc(F)cc1Cl)c1ccccc1[N+](=O)[O-]. The number of rotatable bonds is 4. The molecule has 2 rings (SSSR count). The van der Waals surface area contributed by atoms with Crippen molar-refractivity contribution < 1.29 is 9.31 Å². The van der Waals surface area contributed by atoms with Gasteiger partial charge in [-0.05, 0) is 25.1 Å². The van der Waals surface area contributed by atoms with Gasteiger partial charge in [-0.2, -0.15) is 0 Å². The second kappa shape index (κ2) is 5.88. The number of anilines is 1. The van der Waals surface area contributed by atoms with E-state index in [1.807, 2.05) is 0 Å². The van der Waals surface area contributed by atoms with Crippen molar-refractivity contribution in [3.8, 4) is 0 Å². The molecule has 0 saturated carbocycles. The van der Waals surface area contributed by atoms with Crippen molar-refractivity contribution in [2.75, 3.05) is 5.32 Å². The van der Waals surface area contributed by atoms with Gasteiger partial charge in [0.2, 0.25) is 0 Å². The molecule has 6 heteroatoms. The molecule has 0 aliphatic carbocycles. The van der Waals surface area contributed by atoms with Crippen LogP contribution in [0, 0.1) is 15.9 Å². The third-order valence-corrected chi connectivity index (χ3v) is 3.22. The van der Waals surface area contributed by atoms with Crippen LogP contribution < -0.4 is 5.32 Å². The van der Waals surface area contributed by atoms with E-state index >= 15 is 0 Å². The summed E-state index contributed by atoms with van der Waals surface area (Å²) in [6.45, 7) is 1.78. The molecule has 0 fully saturated rings. The van der Waals surface area contributed by atoms with Gasteiger partial charge >= 0.3 is 0 Å². The van der Waals surface area contributed by atoms with Gasteiger partial charge in [0, 0.05) is 6.07 Å². The van der Waals surface area contributed by atoms with Crippen LogP contribution in [0.25, 0.3) is 0 Å². The summed E-state index contributed by atoms with van der Waals surface area (Å²) in [5.74, 6) is -0.432. The van der Waals surface area contributed by atoms with E-state index in [0.29, 0.717) is 11.3 Å². The second-order valence-corrected chi connectivity index (χ2v) is 4.71.